The van der Waals surface area contributed by atoms with Gasteiger partial charge in [0.2, 0.25) is 0 Å². The van der Waals surface area contributed by atoms with E-state index < -0.39 is 0 Å². The minimum atomic E-state index is -0.212. The molecule has 1 aromatic heterocycles. The molecule has 0 spiro atoms. The molecule has 19 heavy (non-hydrogen) atoms. The van der Waals surface area contributed by atoms with Gasteiger partial charge in [0.1, 0.15) is 0 Å². The number of anilines is 2. The third-order valence-corrected chi connectivity index (χ3v) is 2.82. The normalized spacial score (nSPS) is 10.3. The fourth-order valence-corrected chi connectivity index (χ4v) is 1.90. The van der Waals surface area contributed by atoms with Gasteiger partial charge in [-0.1, -0.05) is 19.1 Å². The third-order valence-electron chi connectivity index (χ3n) is 2.82. The van der Waals surface area contributed by atoms with E-state index in [0.29, 0.717) is 11.3 Å². The first-order chi connectivity index (χ1) is 9.15. The molecule has 2 aromatic rings. The molecule has 0 bridgehead atoms. The van der Waals surface area contributed by atoms with Crippen molar-refractivity contribution in [1.82, 2.24) is 9.78 Å². The van der Waals surface area contributed by atoms with Crippen LogP contribution in [0.15, 0.2) is 30.5 Å². The van der Waals surface area contributed by atoms with Crippen molar-refractivity contribution in [3.8, 4) is 0 Å². The van der Waals surface area contributed by atoms with Crippen LogP contribution in [-0.4, -0.2) is 15.7 Å². The second kappa shape index (κ2) is 5.53. The highest BCUT2D eigenvalue weighted by atomic mass is 16.1. The topological polar surface area (TPSA) is 85.0 Å². The highest BCUT2D eigenvalue weighted by Crippen LogP contribution is 2.18. The van der Waals surface area contributed by atoms with Crippen LogP contribution in [0.3, 0.4) is 0 Å². The van der Waals surface area contributed by atoms with Gasteiger partial charge in [-0.25, -0.2) is 0 Å². The Kier molecular flexibility index (Phi) is 3.82. The zero-order valence-corrected chi connectivity index (χ0v) is 11.0. The summed E-state index contributed by atoms with van der Waals surface area (Å²) < 4.78 is 1.68. The van der Waals surface area contributed by atoms with Crippen molar-refractivity contribution in [2.45, 2.75) is 13.3 Å². The number of aryl methyl sites for hydroxylation is 2. The molecule has 1 heterocycles. The van der Waals surface area contributed by atoms with Gasteiger partial charge in [-0.15, -0.1) is 0 Å². The number of hydrogen-bond donors (Lipinski definition) is 3. The van der Waals surface area contributed by atoms with Gasteiger partial charge < -0.3 is 10.7 Å². The maximum atomic E-state index is 12.2. The predicted octanol–water partition coefficient (Wildman–Crippen LogP) is 1.52. The number of hydrazine groups is 1. The third kappa shape index (κ3) is 2.74. The van der Waals surface area contributed by atoms with E-state index in [4.69, 9.17) is 5.84 Å². The Morgan fingerprint density at radius 2 is 2.11 bits per heavy atom. The summed E-state index contributed by atoms with van der Waals surface area (Å²) in [5.74, 6) is 5.18. The number of hydrogen-bond acceptors (Lipinski definition) is 4. The molecule has 0 aliphatic heterocycles. The van der Waals surface area contributed by atoms with Crippen LogP contribution in [0, 0.1) is 0 Å². The smallest absolute Gasteiger partial charge is 0.257 e. The number of nitrogens with two attached hydrogens (primary N) is 1. The molecule has 1 aromatic carbocycles. The number of carbonyl (C=O) groups excluding carboxylic acids is 1. The minimum Gasteiger partial charge on any atom is -0.323 e. The predicted molar refractivity (Wildman–Crippen MR) is 74.8 cm³/mol. The van der Waals surface area contributed by atoms with E-state index in [1.54, 1.807) is 29.1 Å². The molecule has 1 amide bonds. The van der Waals surface area contributed by atoms with E-state index in [0.717, 1.165) is 17.8 Å². The maximum absolute atomic E-state index is 12.2. The zero-order chi connectivity index (χ0) is 13.8. The van der Waals surface area contributed by atoms with Crippen molar-refractivity contribution >= 4 is 17.3 Å². The van der Waals surface area contributed by atoms with Gasteiger partial charge in [-0.2, -0.15) is 5.10 Å². The van der Waals surface area contributed by atoms with E-state index in [1.807, 2.05) is 20.0 Å². The number of carbonyl (C=O) groups is 1. The van der Waals surface area contributed by atoms with Gasteiger partial charge in [0.05, 0.1) is 22.6 Å². The molecule has 0 radical (unpaired) electrons. The fraction of sp³-hybridized carbons (Fsp3) is 0.231. The molecule has 4 N–H and O–H groups in total. The molecular formula is C13H17N5O. The van der Waals surface area contributed by atoms with Crippen LogP contribution in [-0.2, 0) is 13.5 Å². The number of nitrogens with zero attached hydrogens (tertiary/aromatic N) is 2. The number of amides is 1. The number of benzene rings is 1. The van der Waals surface area contributed by atoms with Gasteiger partial charge in [0, 0.05) is 13.2 Å². The number of aromatic nitrogens is 2. The van der Waals surface area contributed by atoms with Crippen molar-refractivity contribution in [2.24, 2.45) is 12.9 Å². The largest absolute Gasteiger partial charge is 0.323 e. The highest BCUT2D eigenvalue weighted by molar-refractivity contribution is 6.08. The van der Waals surface area contributed by atoms with Crippen molar-refractivity contribution < 1.29 is 4.79 Å². The number of para-hydroxylation sites is 1. The summed E-state index contributed by atoms with van der Waals surface area (Å²) in [4.78, 5) is 12.2. The number of nitrogen functional groups attached to an aromatic ring is 1. The summed E-state index contributed by atoms with van der Waals surface area (Å²) in [6.07, 6.45) is 2.54. The standard InChI is InChI=1S/C13H17N5O/c1-3-10-12(8-18(2)17-10)15-13(19)9-6-4-5-7-11(9)16-14/h4-8,16H,3,14H2,1-2H3,(H,15,19). The fourth-order valence-electron chi connectivity index (χ4n) is 1.90. The summed E-state index contributed by atoms with van der Waals surface area (Å²) in [7, 11) is 1.82. The van der Waals surface area contributed by atoms with Crippen molar-refractivity contribution in [1.29, 1.82) is 0 Å². The van der Waals surface area contributed by atoms with Gasteiger partial charge in [0.25, 0.3) is 5.91 Å². The Morgan fingerprint density at radius 3 is 2.79 bits per heavy atom. The summed E-state index contributed by atoms with van der Waals surface area (Å²) >= 11 is 0. The van der Waals surface area contributed by atoms with E-state index in [2.05, 4.69) is 15.8 Å². The first-order valence-corrected chi connectivity index (χ1v) is 6.05. The Morgan fingerprint density at radius 1 is 1.37 bits per heavy atom. The Hall–Kier alpha value is -2.34. The zero-order valence-electron chi connectivity index (χ0n) is 11.0. The quantitative estimate of drug-likeness (QED) is 0.574. The van der Waals surface area contributed by atoms with E-state index in [9.17, 15) is 4.79 Å². The van der Waals surface area contributed by atoms with Crippen LogP contribution in [0.2, 0.25) is 0 Å². The highest BCUT2D eigenvalue weighted by Gasteiger charge is 2.13. The maximum Gasteiger partial charge on any atom is 0.257 e. The van der Waals surface area contributed by atoms with Crippen molar-refractivity contribution in [3.05, 3.63) is 41.7 Å². The first-order valence-electron chi connectivity index (χ1n) is 6.05. The van der Waals surface area contributed by atoms with Crippen LogP contribution in [0.25, 0.3) is 0 Å². The summed E-state index contributed by atoms with van der Waals surface area (Å²) in [6.45, 7) is 1.99. The average molecular weight is 259 g/mol. The molecule has 0 unspecified atom stereocenters. The van der Waals surface area contributed by atoms with Crippen LogP contribution >= 0.6 is 0 Å². The van der Waals surface area contributed by atoms with Crippen molar-refractivity contribution in [3.63, 3.8) is 0 Å². The SMILES string of the molecule is CCc1nn(C)cc1NC(=O)c1ccccc1NN. The number of rotatable bonds is 4. The molecule has 0 atom stereocenters. The molecule has 0 aliphatic carbocycles. The van der Waals surface area contributed by atoms with Gasteiger partial charge >= 0.3 is 0 Å². The lowest BCUT2D eigenvalue weighted by atomic mass is 10.1. The van der Waals surface area contributed by atoms with Crippen LogP contribution in [0.5, 0.6) is 0 Å². The van der Waals surface area contributed by atoms with Gasteiger partial charge in [-0.3, -0.25) is 15.3 Å². The van der Waals surface area contributed by atoms with E-state index in [-0.39, 0.29) is 5.91 Å². The second-order valence-corrected chi connectivity index (χ2v) is 4.16. The van der Waals surface area contributed by atoms with Crippen LogP contribution in [0.4, 0.5) is 11.4 Å². The lowest BCUT2D eigenvalue weighted by molar-refractivity contribution is 0.102. The molecule has 2 rings (SSSR count). The molecule has 0 saturated heterocycles. The van der Waals surface area contributed by atoms with Gasteiger partial charge in [-0.05, 0) is 18.6 Å². The number of nitrogens with one attached hydrogen (secondary N) is 2. The Bertz CT molecular complexity index is 590. The Balaban J connectivity index is 2.25. The minimum absolute atomic E-state index is 0.212. The van der Waals surface area contributed by atoms with E-state index in [1.165, 1.54) is 0 Å². The molecule has 0 aliphatic rings. The Labute approximate surface area is 111 Å². The average Bonchev–Trinajstić information content (AvgIpc) is 2.78. The second-order valence-electron chi connectivity index (χ2n) is 4.16. The summed E-state index contributed by atoms with van der Waals surface area (Å²) in [5.41, 5.74) is 5.18. The lowest BCUT2D eigenvalue weighted by Gasteiger charge is -2.08. The van der Waals surface area contributed by atoms with E-state index >= 15 is 0 Å². The van der Waals surface area contributed by atoms with Crippen LogP contribution < -0.4 is 16.6 Å². The van der Waals surface area contributed by atoms with Crippen molar-refractivity contribution in [2.75, 3.05) is 10.7 Å². The molecule has 100 valence electrons. The van der Waals surface area contributed by atoms with Gasteiger partial charge in [0.15, 0.2) is 0 Å². The molecule has 6 heteroatoms. The molecule has 0 fully saturated rings. The monoisotopic (exact) mass is 259 g/mol. The molecule has 0 saturated carbocycles. The summed E-state index contributed by atoms with van der Waals surface area (Å²) in [5, 5.41) is 7.14. The molecular weight excluding hydrogens is 242 g/mol. The first kappa shape index (κ1) is 13.1. The summed E-state index contributed by atoms with van der Waals surface area (Å²) in [6, 6.07) is 7.07. The van der Waals surface area contributed by atoms with Crippen LogP contribution in [0.1, 0.15) is 23.0 Å². The lowest BCUT2D eigenvalue weighted by Crippen LogP contribution is -2.17. The molecule has 6 nitrogen and oxygen atoms in total.